The molecule has 4 nitrogen and oxygen atoms in total. The van der Waals surface area contributed by atoms with Gasteiger partial charge in [0, 0.05) is 13.9 Å². The average molecular weight is 294 g/mol. The number of allylic oxidation sites excluding steroid dienone is 2. The molecule has 3 N–H and O–H groups in total. The van der Waals surface area contributed by atoms with Gasteiger partial charge in [0.2, 0.25) is 0 Å². The zero-order valence-corrected chi connectivity index (χ0v) is 11.9. The van der Waals surface area contributed by atoms with Crippen molar-refractivity contribution in [2.45, 2.75) is 6.16 Å². The summed E-state index contributed by atoms with van der Waals surface area (Å²) in [6.07, 6.45) is 8.73. The first-order valence-electron chi connectivity index (χ1n) is 5.47. The number of benzene rings is 1. The molecule has 0 aromatic heterocycles. The molecule has 0 unspecified atom stereocenters. The average Bonchev–Trinajstić information content (AvgIpc) is 2.64. The molecule has 0 saturated heterocycles. The van der Waals surface area contributed by atoms with Gasteiger partial charge in [0.05, 0.1) is 18.5 Å². The number of hydrogen-bond donors (Lipinski definition) is 3. The summed E-state index contributed by atoms with van der Waals surface area (Å²) in [6, 6.07) is 10.9. The topological polar surface area (TPSA) is 83.8 Å². The van der Waals surface area contributed by atoms with Crippen LogP contribution < -0.4 is 4.66 Å². The molecule has 0 radical (unpaired) electrons. The molecule has 0 bridgehead atoms. The van der Waals surface area contributed by atoms with Crippen LogP contribution in [0.1, 0.15) is 5.56 Å². The Morgan fingerprint density at radius 2 is 1.56 bits per heavy atom. The molecule has 6 heteroatoms. The Bertz CT molecular complexity index is 375. The van der Waals surface area contributed by atoms with E-state index in [2.05, 4.69) is 49.1 Å². The third-order valence-corrected chi connectivity index (χ3v) is 5.98. The van der Waals surface area contributed by atoms with Crippen LogP contribution in [0.2, 0.25) is 0 Å². The minimum atomic E-state index is -4.19. The first-order valence-corrected chi connectivity index (χ1v) is 9.59. The molecular formula is C12H19ClO4P+. The fraction of sp³-hybridized carbons (Fsp3) is 0.333. The van der Waals surface area contributed by atoms with Crippen LogP contribution in [0, 0.1) is 10.2 Å². The summed E-state index contributed by atoms with van der Waals surface area (Å²) < 4.78 is 30.2. The van der Waals surface area contributed by atoms with E-state index in [0.717, 1.165) is 0 Å². The third kappa shape index (κ3) is 7.07. The van der Waals surface area contributed by atoms with Crippen molar-refractivity contribution in [1.82, 2.24) is 0 Å². The first kappa shape index (κ1) is 15.6. The van der Waals surface area contributed by atoms with E-state index in [1.807, 2.05) is 0 Å². The molecule has 1 aromatic rings. The Hall–Kier alpha value is -0.480. The molecule has 102 valence electrons. The Balaban J connectivity index is 0.000000280. The van der Waals surface area contributed by atoms with Crippen molar-refractivity contribution in [3.05, 3.63) is 48.0 Å². The van der Waals surface area contributed by atoms with Gasteiger partial charge in [-0.3, -0.25) is 0 Å². The second kappa shape index (κ2) is 6.62. The van der Waals surface area contributed by atoms with Crippen molar-refractivity contribution in [2.75, 3.05) is 19.0 Å². The van der Waals surface area contributed by atoms with Crippen molar-refractivity contribution in [1.29, 1.82) is 0 Å². The van der Waals surface area contributed by atoms with E-state index in [1.54, 1.807) is 0 Å². The quantitative estimate of drug-likeness (QED) is 0.549. The van der Waals surface area contributed by atoms with Gasteiger partial charge in [0.1, 0.15) is 0 Å². The monoisotopic (exact) mass is 293 g/mol. The normalized spacial score (nSPS) is 18.1. The van der Waals surface area contributed by atoms with Gasteiger partial charge in [-0.25, -0.2) is 0 Å². The zero-order valence-electron chi connectivity index (χ0n) is 10.2. The van der Waals surface area contributed by atoms with Crippen molar-refractivity contribution in [3.8, 4) is 0 Å². The van der Waals surface area contributed by atoms with Gasteiger partial charge in [-0.2, -0.15) is 0 Å². The number of hydrogen-bond acceptors (Lipinski definition) is 4. The Kier molecular flexibility index (Phi) is 5.73. The van der Waals surface area contributed by atoms with E-state index < -0.39 is 17.5 Å². The van der Waals surface area contributed by atoms with Crippen molar-refractivity contribution >= 4 is 7.26 Å². The molecule has 1 heterocycles. The summed E-state index contributed by atoms with van der Waals surface area (Å²) in [5.41, 5.74) is 1.52. The first-order chi connectivity index (χ1) is 8.29. The van der Waals surface area contributed by atoms with Crippen LogP contribution in [0.4, 0.5) is 0 Å². The summed E-state index contributed by atoms with van der Waals surface area (Å²) in [7, 11) is -4.85. The van der Waals surface area contributed by atoms with Gasteiger partial charge in [-0.05, 0) is 17.7 Å². The Labute approximate surface area is 110 Å². The summed E-state index contributed by atoms with van der Waals surface area (Å²) in [4.78, 5) is 0. The van der Waals surface area contributed by atoms with Gasteiger partial charge in [-0.15, -0.1) is 0 Å². The van der Waals surface area contributed by atoms with Crippen molar-refractivity contribution < 1.29 is 28.9 Å². The summed E-state index contributed by atoms with van der Waals surface area (Å²) >= 11 is 0. The molecule has 1 aliphatic heterocycles. The van der Waals surface area contributed by atoms with E-state index in [-0.39, 0.29) is 0 Å². The van der Waals surface area contributed by atoms with Crippen LogP contribution >= 0.6 is 7.26 Å². The van der Waals surface area contributed by atoms with Gasteiger partial charge < -0.3 is 0 Å². The van der Waals surface area contributed by atoms with Gasteiger partial charge in [0.15, 0.2) is 0 Å². The molecule has 2 rings (SSSR count). The van der Waals surface area contributed by atoms with E-state index >= 15 is 0 Å². The van der Waals surface area contributed by atoms with Crippen LogP contribution in [0.5, 0.6) is 0 Å². The second-order valence-electron chi connectivity index (χ2n) is 4.53. The van der Waals surface area contributed by atoms with Gasteiger partial charge in [0.25, 0.3) is 0 Å². The summed E-state index contributed by atoms with van der Waals surface area (Å²) in [6.45, 7) is 2.49. The zero-order chi connectivity index (χ0) is 13.6. The molecular weight excluding hydrogens is 275 g/mol. The number of halogens is 1. The fourth-order valence-electron chi connectivity index (χ4n) is 1.89. The predicted molar refractivity (Wildman–Crippen MR) is 68.5 cm³/mol. The van der Waals surface area contributed by atoms with Gasteiger partial charge >= 0.3 is 28.9 Å². The molecule has 0 fully saturated rings. The van der Waals surface area contributed by atoms with E-state index in [0.29, 0.717) is 0 Å². The molecule has 0 saturated carbocycles. The Morgan fingerprint density at radius 1 is 1.11 bits per heavy atom. The SMILES string of the molecule is C[P+]1(Cc2ccccc2)CC=CC1.[O-][Cl+](O)(O)O. The van der Waals surface area contributed by atoms with Crippen LogP contribution in [0.25, 0.3) is 0 Å². The fourth-order valence-corrected chi connectivity index (χ4v) is 4.70. The molecule has 0 amide bonds. The van der Waals surface area contributed by atoms with E-state index in [9.17, 15) is 0 Å². The summed E-state index contributed by atoms with van der Waals surface area (Å²) in [5, 5.41) is 0. The summed E-state index contributed by atoms with van der Waals surface area (Å²) in [5.74, 6) is 0. The van der Waals surface area contributed by atoms with Crippen LogP contribution in [-0.4, -0.2) is 33.0 Å². The number of rotatable bonds is 2. The van der Waals surface area contributed by atoms with Crippen LogP contribution in [-0.2, 0) is 6.16 Å². The molecule has 0 spiro atoms. The maximum absolute atomic E-state index is 8.83. The van der Waals surface area contributed by atoms with Gasteiger partial charge in [-0.1, -0.05) is 30.3 Å². The molecule has 0 atom stereocenters. The predicted octanol–water partition coefficient (Wildman–Crippen LogP) is 0.544. The molecule has 18 heavy (non-hydrogen) atoms. The second-order valence-corrected chi connectivity index (χ2v) is 9.69. The van der Waals surface area contributed by atoms with E-state index in [4.69, 9.17) is 18.6 Å². The maximum atomic E-state index is 8.83. The standard InChI is InChI=1S/C12H16P.ClH3O4/c1-13(9-5-6-10-13)11-12-7-3-2-4-8-12;2-1(3,4)5/h2-8H,9-11H2,1H3;2-4H/q+1;. The van der Waals surface area contributed by atoms with Crippen LogP contribution in [0.15, 0.2) is 42.5 Å². The van der Waals surface area contributed by atoms with E-state index in [1.165, 1.54) is 24.0 Å². The molecule has 0 aliphatic carbocycles. The molecule has 1 aromatic carbocycles. The van der Waals surface area contributed by atoms with Crippen LogP contribution in [0.3, 0.4) is 0 Å². The minimum absolute atomic E-state index is 0.653. The van der Waals surface area contributed by atoms with Crippen molar-refractivity contribution in [2.24, 2.45) is 0 Å². The molecule has 1 aliphatic rings. The van der Waals surface area contributed by atoms with Crippen molar-refractivity contribution in [3.63, 3.8) is 0 Å². The Morgan fingerprint density at radius 3 is 2.00 bits per heavy atom. The third-order valence-electron chi connectivity index (χ3n) is 2.67.